The molecule has 0 spiro atoms. The van der Waals surface area contributed by atoms with E-state index in [-0.39, 0.29) is 13.0 Å². The third-order valence-electron chi connectivity index (χ3n) is 3.83. The number of carbonyl (C=O) groups excluding carboxylic acids is 2. The lowest BCUT2D eigenvalue weighted by molar-refractivity contribution is -0.151. The number of carboxylic acids is 1. The van der Waals surface area contributed by atoms with Gasteiger partial charge in [0.15, 0.2) is 0 Å². The maximum absolute atomic E-state index is 12.5. The van der Waals surface area contributed by atoms with Gasteiger partial charge in [-0.05, 0) is 11.1 Å². The Bertz CT molecular complexity index is 781. The smallest absolute Gasteiger partial charge is 0.413 e. The minimum absolute atomic E-state index is 0.138. The number of primary amides is 1. The highest BCUT2D eigenvalue weighted by Gasteiger charge is 2.38. The SMILES string of the molecule is NC(=O)C(O)N(C(=O)OCc1ccccc1)[C@@H](Cc1ccccc1)C(=O)O. The molecule has 1 unspecified atom stereocenters. The van der Waals surface area contributed by atoms with Crippen molar-refractivity contribution in [2.24, 2.45) is 5.73 Å². The number of aliphatic hydroxyl groups excluding tert-OH is 1. The number of nitrogens with two attached hydrogens (primary N) is 1. The van der Waals surface area contributed by atoms with Crippen LogP contribution < -0.4 is 5.73 Å². The number of ether oxygens (including phenoxy) is 1. The van der Waals surface area contributed by atoms with Crippen molar-refractivity contribution in [3.63, 3.8) is 0 Å². The number of aliphatic carboxylic acids is 1. The van der Waals surface area contributed by atoms with E-state index in [0.717, 1.165) is 0 Å². The molecule has 2 amide bonds. The molecular formula is C19H20N2O6. The van der Waals surface area contributed by atoms with E-state index in [2.05, 4.69) is 0 Å². The summed E-state index contributed by atoms with van der Waals surface area (Å²) in [6.07, 6.45) is -3.44. The van der Waals surface area contributed by atoms with Gasteiger partial charge in [0.1, 0.15) is 12.6 Å². The van der Waals surface area contributed by atoms with Crippen LogP contribution in [0.15, 0.2) is 60.7 Å². The van der Waals surface area contributed by atoms with Gasteiger partial charge < -0.3 is 20.7 Å². The second kappa shape index (κ2) is 9.35. The largest absolute Gasteiger partial charge is 0.480 e. The van der Waals surface area contributed by atoms with Crippen LogP contribution in [0.2, 0.25) is 0 Å². The van der Waals surface area contributed by atoms with E-state index < -0.39 is 30.2 Å². The Hall–Kier alpha value is -3.39. The van der Waals surface area contributed by atoms with Crippen molar-refractivity contribution in [3.8, 4) is 0 Å². The van der Waals surface area contributed by atoms with Gasteiger partial charge >= 0.3 is 12.1 Å². The molecule has 0 aromatic heterocycles. The Morgan fingerprint density at radius 3 is 1.96 bits per heavy atom. The zero-order valence-corrected chi connectivity index (χ0v) is 14.4. The Balaban J connectivity index is 2.23. The van der Waals surface area contributed by atoms with Crippen molar-refractivity contribution in [1.82, 2.24) is 4.90 Å². The first-order chi connectivity index (χ1) is 12.9. The predicted molar refractivity (Wildman–Crippen MR) is 95.2 cm³/mol. The van der Waals surface area contributed by atoms with E-state index >= 15 is 0 Å². The van der Waals surface area contributed by atoms with Crippen molar-refractivity contribution in [3.05, 3.63) is 71.8 Å². The summed E-state index contributed by atoms with van der Waals surface area (Å²) < 4.78 is 5.09. The molecule has 0 radical (unpaired) electrons. The van der Waals surface area contributed by atoms with Crippen LogP contribution in [0.5, 0.6) is 0 Å². The van der Waals surface area contributed by atoms with Gasteiger partial charge in [-0.2, -0.15) is 0 Å². The number of carbonyl (C=O) groups is 3. The standard InChI is InChI=1S/C19H20N2O6/c20-16(22)17(23)21(19(26)27-12-14-9-5-2-6-10-14)15(18(24)25)11-13-7-3-1-4-8-13/h1-10,15,17,23H,11-12H2,(H2,20,22)(H,24,25)/t15-,17?/m0/s1. The van der Waals surface area contributed by atoms with E-state index in [4.69, 9.17) is 10.5 Å². The molecule has 2 rings (SSSR count). The number of aliphatic hydroxyl groups is 1. The molecule has 0 saturated carbocycles. The van der Waals surface area contributed by atoms with Crippen LogP contribution in [0.4, 0.5) is 4.79 Å². The van der Waals surface area contributed by atoms with Gasteiger partial charge in [-0.25, -0.2) is 9.59 Å². The molecule has 0 saturated heterocycles. The van der Waals surface area contributed by atoms with E-state index in [9.17, 15) is 24.6 Å². The predicted octanol–water partition coefficient (Wildman–Crippen LogP) is 1.12. The van der Waals surface area contributed by atoms with Crippen LogP contribution in [0, 0.1) is 0 Å². The van der Waals surface area contributed by atoms with Crippen LogP contribution in [-0.4, -0.2) is 45.4 Å². The van der Waals surface area contributed by atoms with E-state index in [1.54, 1.807) is 60.7 Å². The fourth-order valence-corrected chi connectivity index (χ4v) is 2.47. The van der Waals surface area contributed by atoms with Gasteiger partial charge in [-0.15, -0.1) is 0 Å². The lowest BCUT2D eigenvalue weighted by Gasteiger charge is -2.30. The Morgan fingerprint density at radius 1 is 0.963 bits per heavy atom. The van der Waals surface area contributed by atoms with Gasteiger partial charge in [-0.1, -0.05) is 60.7 Å². The second-order valence-corrected chi connectivity index (χ2v) is 5.77. The molecule has 8 heteroatoms. The highest BCUT2D eigenvalue weighted by atomic mass is 16.6. The number of hydrogen-bond donors (Lipinski definition) is 3. The maximum Gasteiger partial charge on any atom is 0.413 e. The Morgan fingerprint density at radius 2 is 1.48 bits per heavy atom. The van der Waals surface area contributed by atoms with Crippen molar-refractivity contribution in [1.29, 1.82) is 0 Å². The molecular weight excluding hydrogens is 352 g/mol. The molecule has 0 aliphatic heterocycles. The fraction of sp³-hybridized carbons (Fsp3) is 0.211. The fourth-order valence-electron chi connectivity index (χ4n) is 2.47. The number of nitrogens with zero attached hydrogens (tertiary/aromatic N) is 1. The number of carboxylic acid groups (broad SMARTS) is 1. The molecule has 27 heavy (non-hydrogen) atoms. The minimum atomic E-state index is -2.14. The lowest BCUT2D eigenvalue weighted by Crippen LogP contribution is -2.56. The van der Waals surface area contributed by atoms with Crippen molar-refractivity contribution >= 4 is 18.0 Å². The average molecular weight is 372 g/mol. The molecule has 2 aromatic rings. The monoisotopic (exact) mass is 372 g/mol. The third-order valence-corrected chi connectivity index (χ3v) is 3.83. The highest BCUT2D eigenvalue weighted by Crippen LogP contribution is 2.15. The quantitative estimate of drug-likeness (QED) is 0.596. The number of amides is 2. The van der Waals surface area contributed by atoms with E-state index in [0.29, 0.717) is 16.0 Å². The van der Waals surface area contributed by atoms with Crippen LogP contribution in [-0.2, 0) is 27.4 Å². The summed E-state index contributed by atoms with van der Waals surface area (Å²) in [5, 5.41) is 19.6. The molecule has 0 heterocycles. The van der Waals surface area contributed by atoms with Crippen LogP contribution >= 0.6 is 0 Å². The molecule has 0 aliphatic rings. The minimum Gasteiger partial charge on any atom is -0.480 e. The van der Waals surface area contributed by atoms with Crippen molar-refractivity contribution < 1.29 is 29.3 Å². The van der Waals surface area contributed by atoms with Crippen molar-refractivity contribution in [2.75, 3.05) is 0 Å². The van der Waals surface area contributed by atoms with Gasteiger partial charge in [0.25, 0.3) is 5.91 Å². The molecule has 4 N–H and O–H groups in total. The van der Waals surface area contributed by atoms with Gasteiger partial charge in [0, 0.05) is 6.42 Å². The summed E-state index contributed by atoms with van der Waals surface area (Å²) in [5.41, 5.74) is 6.34. The number of rotatable bonds is 8. The first-order valence-electron chi connectivity index (χ1n) is 8.13. The maximum atomic E-state index is 12.5. The zero-order valence-electron chi connectivity index (χ0n) is 14.4. The molecule has 0 fully saturated rings. The van der Waals surface area contributed by atoms with Crippen LogP contribution in [0.1, 0.15) is 11.1 Å². The molecule has 0 aliphatic carbocycles. The summed E-state index contributed by atoms with van der Waals surface area (Å²) in [4.78, 5) is 36.1. The Kier molecular flexibility index (Phi) is 6.90. The zero-order chi connectivity index (χ0) is 19.8. The second-order valence-electron chi connectivity index (χ2n) is 5.77. The normalized spacial score (nSPS) is 12.6. The molecule has 142 valence electrons. The molecule has 2 aromatic carbocycles. The average Bonchev–Trinajstić information content (AvgIpc) is 2.67. The third kappa shape index (κ3) is 5.55. The van der Waals surface area contributed by atoms with Crippen molar-refractivity contribution in [2.45, 2.75) is 25.3 Å². The van der Waals surface area contributed by atoms with Gasteiger partial charge in [0.2, 0.25) is 6.23 Å². The van der Waals surface area contributed by atoms with E-state index in [1.807, 2.05) is 0 Å². The van der Waals surface area contributed by atoms with Gasteiger partial charge in [-0.3, -0.25) is 9.69 Å². The molecule has 2 atom stereocenters. The summed E-state index contributed by atoms with van der Waals surface area (Å²) in [6.45, 7) is -0.153. The summed E-state index contributed by atoms with van der Waals surface area (Å²) in [6, 6.07) is 15.6. The lowest BCUT2D eigenvalue weighted by atomic mass is 10.0. The van der Waals surface area contributed by atoms with Gasteiger partial charge in [0.05, 0.1) is 0 Å². The highest BCUT2D eigenvalue weighted by molar-refractivity contribution is 5.86. The summed E-state index contributed by atoms with van der Waals surface area (Å²) >= 11 is 0. The van der Waals surface area contributed by atoms with Crippen LogP contribution in [0.25, 0.3) is 0 Å². The molecule has 8 nitrogen and oxygen atoms in total. The number of benzene rings is 2. The summed E-state index contributed by atoms with van der Waals surface area (Å²) in [5.74, 6) is -2.67. The first-order valence-corrected chi connectivity index (χ1v) is 8.13. The summed E-state index contributed by atoms with van der Waals surface area (Å²) in [7, 11) is 0. The first kappa shape index (κ1) is 19.9. The van der Waals surface area contributed by atoms with Crippen LogP contribution in [0.3, 0.4) is 0 Å². The number of hydrogen-bond acceptors (Lipinski definition) is 5. The van der Waals surface area contributed by atoms with E-state index in [1.165, 1.54) is 0 Å². The molecule has 0 bridgehead atoms. The Labute approximate surface area is 155 Å². The topological polar surface area (TPSA) is 130 Å².